The fourth-order valence-electron chi connectivity index (χ4n) is 3.96. The predicted octanol–water partition coefficient (Wildman–Crippen LogP) is 4.19. The minimum absolute atomic E-state index is 0.0144. The molecule has 0 amide bonds. The highest BCUT2D eigenvalue weighted by molar-refractivity contribution is 7.92. The molecule has 0 aromatic heterocycles. The van der Waals surface area contributed by atoms with Crippen molar-refractivity contribution in [2.24, 2.45) is 0 Å². The minimum atomic E-state index is -4.49. The third kappa shape index (κ3) is 4.81. The van der Waals surface area contributed by atoms with E-state index in [0.717, 1.165) is 6.92 Å². The number of rotatable bonds is 9. The van der Waals surface area contributed by atoms with Crippen LogP contribution in [0, 0.1) is 10.1 Å². The molecule has 3 aromatic carbocycles. The van der Waals surface area contributed by atoms with Crippen LogP contribution in [-0.4, -0.2) is 43.7 Å². The summed E-state index contributed by atoms with van der Waals surface area (Å²) in [6.45, 7) is 0.993. The Bertz CT molecular complexity index is 1500. The Labute approximate surface area is 218 Å². The van der Waals surface area contributed by atoms with Crippen LogP contribution in [0.1, 0.15) is 39.3 Å². The van der Waals surface area contributed by atoms with Gasteiger partial charge in [0.25, 0.3) is 9.84 Å². The fourth-order valence-corrected chi connectivity index (χ4v) is 5.59. The second kappa shape index (κ2) is 10.6. The zero-order valence-corrected chi connectivity index (χ0v) is 21.2. The molecule has 1 unspecified atom stereocenters. The molecule has 3 aromatic rings. The first-order valence-electron chi connectivity index (χ1n) is 11.3. The molecule has 1 aliphatic rings. The van der Waals surface area contributed by atoms with Crippen LogP contribution in [0.25, 0.3) is 0 Å². The Morgan fingerprint density at radius 3 is 2.34 bits per heavy atom. The summed E-state index contributed by atoms with van der Waals surface area (Å²) < 4.78 is 43.2. The van der Waals surface area contributed by atoms with E-state index in [-0.39, 0.29) is 27.3 Å². The van der Waals surface area contributed by atoms with Gasteiger partial charge in [-0.05, 0) is 48.5 Å². The molecule has 1 heterocycles. The van der Waals surface area contributed by atoms with Crippen LogP contribution >= 0.6 is 0 Å². The number of ether oxygens (including phenoxy) is 3. The van der Waals surface area contributed by atoms with E-state index in [4.69, 9.17) is 14.2 Å². The van der Waals surface area contributed by atoms with Crippen molar-refractivity contribution in [3.8, 4) is 11.5 Å². The van der Waals surface area contributed by atoms with Gasteiger partial charge in [0.2, 0.25) is 0 Å². The third-order valence-corrected chi connectivity index (χ3v) is 8.61. The molecule has 0 spiro atoms. The monoisotopic (exact) mass is 537 g/mol. The number of carbonyl (C=O) groups is 2. The molecule has 1 aliphatic heterocycles. The van der Waals surface area contributed by atoms with Gasteiger partial charge in [0, 0.05) is 23.0 Å². The number of carbonyl (C=O) groups excluding carboxylic acids is 2. The number of nitrogens with zero attached hydrogens (tertiary/aromatic N) is 1. The van der Waals surface area contributed by atoms with Crippen molar-refractivity contribution < 1.29 is 37.1 Å². The highest BCUT2D eigenvalue weighted by Crippen LogP contribution is 2.41. The van der Waals surface area contributed by atoms with Crippen molar-refractivity contribution in [2.45, 2.75) is 28.9 Å². The van der Waals surface area contributed by atoms with E-state index in [2.05, 4.69) is 0 Å². The standard InChI is InChI=1S/C27H23NO9S/c1-27(28(31)32,38(33,34)21-6-4-3-5-7-21)25-15-14-23(36-25)22-13-8-18(17-29)16-24(22)37-26(30)19-9-11-20(35-2)12-10-19/h3-17,23,25H,1-2H3/t23-,25+,27?/m1/s1. The summed E-state index contributed by atoms with van der Waals surface area (Å²) in [6, 6.07) is 17.6. The Morgan fingerprint density at radius 2 is 1.74 bits per heavy atom. The highest BCUT2D eigenvalue weighted by atomic mass is 32.2. The van der Waals surface area contributed by atoms with E-state index in [0.29, 0.717) is 12.0 Å². The lowest BCUT2D eigenvalue weighted by molar-refractivity contribution is -0.546. The van der Waals surface area contributed by atoms with Gasteiger partial charge >= 0.3 is 10.8 Å². The number of benzene rings is 3. The van der Waals surface area contributed by atoms with E-state index in [1.165, 1.54) is 73.9 Å². The molecule has 0 aliphatic carbocycles. The molecule has 4 rings (SSSR count). The summed E-state index contributed by atoms with van der Waals surface area (Å²) in [5.41, 5.74) is 0.703. The summed E-state index contributed by atoms with van der Waals surface area (Å²) in [7, 11) is -3.00. The molecule has 0 saturated heterocycles. The molecule has 11 heteroatoms. The number of hydrogen-bond acceptors (Lipinski definition) is 9. The first-order valence-corrected chi connectivity index (χ1v) is 12.8. The average Bonchev–Trinajstić information content (AvgIpc) is 3.43. The largest absolute Gasteiger partial charge is 0.497 e. The number of aldehydes is 1. The molecule has 196 valence electrons. The van der Waals surface area contributed by atoms with Crippen LogP contribution in [-0.2, 0) is 14.6 Å². The van der Waals surface area contributed by atoms with Crippen molar-refractivity contribution in [1.82, 2.24) is 0 Å². The zero-order valence-electron chi connectivity index (χ0n) is 20.3. The lowest BCUT2D eigenvalue weighted by Crippen LogP contribution is -2.52. The fraction of sp³-hybridized carbons (Fsp3) is 0.185. The van der Waals surface area contributed by atoms with Gasteiger partial charge in [-0.2, -0.15) is 0 Å². The topological polar surface area (TPSA) is 139 Å². The summed E-state index contributed by atoms with van der Waals surface area (Å²) in [4.78, 5) is 32.7. The van der Waals surface area contributed by atoms with Crippen LogP contribution in [0.4, 0.5) is 0 Å². The first kappa shape index (κ1) is 26.7. The molecule has 0 radical (unpaired) electrons. The molecule has 0 bridgehead atoms. The second-order valence-corrected chi connectivity index (χ2v) is 10.8. The van der Waals surface area contributed by atoms with Gasteiger partial charge in [-0.15, -0.1) is 0 Å². The van der Waals surface area contributed by atoms with Crippen LogP contribution < -0.4 is 9.47 Å². The Hall–Kier alpha value is -4.35. The van der Waals surface area contributed by atoms with Gasteiger partial charge in [-0.1, -0.05) is 36.4 Å². The molecular formula is C27H23NO9S. The number of hydrogen-bond donors (Lipinski definition) is 0. The molecule has 3 atom stereocenters. The molecule has 10 nitrogen and oxygen atoms in total. The molecule has 0 N–H and O–H groups in total. The predicted molar refractivity (Wildman–Crippen MR) is 136 cm³/mol. The van der Waals surface area contributed by atoms with E-state index in [1.54, 1.807) is 18.2 Å². The van der Waals surface area contributed by atoms with E-state index >= 15 is 0 Å². The average molecular weight is 538 g/mol. The Kier molecular flexibility index (Phi) is 7.42. The van der Waals surface area contributed by atoms with Gasteiger partial charge in [-0.25, -0.2) is 13.2 Å². The summed E-state index contributed by atoms with van der Waals surface area (Å²) in [5.74, 6) is -0.197. The SMILES string of the molecule is COc1ccc(C(=O)Oc2cc(C=O)ccc2[C@H]2C=C[C@@H](C(C)([N+](=O)[O-])S(=O)(=O)c3ccccc3)O2)cc1. The van der Waals surface area contributed by atoms with E-state index < -0.39 is 37.8 Å². The third-order valence-electron chi connectivity index (χ3n) is 6.25. The van der Waals surface area contributed by atoms with Gasteiger partial charge in [0.1, 0.15) is 23.9 Å². The minimum Gasteiger partial charge on any atom is -0.497 e. The van der Waals surface area contributed by atoms with Gasteiger partial charge in [-0.3, -0.25) is 14.9 Å². The van der Waals surface area contributed by atoms with Crippen LogP contribution in [0.5, 0.6) is 11.5 Å². The lowest BCUT2D eigenvalue weighted by atomic mass is 10.1. The molecular weight excluding hydrogens is 514 g/mol. The van der Waals surface area contributed by atoms with Crippen molar-refractivity contribution in [3.05, 3.63) is 112 Å². The number of methoxy groups -OCH3 is 1. The highest BCUT2D eigenvalue weighted by Gasteiger charge is 2.60. The maximum absolute atomic E-state index is 13.4. The van der Waals surface area contributed by atoms with E-state index in [9.17, 15) is 28.1 Å². The van der Waals surface area contributed by atoms with Crippen molar-refractivity contribution >= 4 is 22.1 Å². The van der Waals surface area contributed by atoms with Crippen molar-refractivity contribution in [2.75, 3.05) is 7.11 Å². The van der Waals surface area contributed by atoms with Gasteiger partial charge < -0.3 is 14.2 Å². The smallest absolute Gasteiger partial charge is 0.349 e. The number of sulfone groups is 1. The number of esters is 1. The van der Waals surface area contributed by atoms with Crippen molar-refractivity contribution in [1.29, 1.82) is 0 Å². The molecule has 0 fully saturated rings. The maximum atomic E-state index is 13.4. The van der Waals surface area contributed by atoms with Gasteiger partial charge in [0.15, 0.2) is 6.10 Å². The quantitative estimate of drug-likeness (QED) is 0.0981. The second-order valence-electron chi connectivity index (χ2n) is 8.52. The first-order chi connectivity index (χ1) is 18.1. The van der Waals surface area contributed by atoms with Crippen molar-refractivity contribution in [3.63, 3.8) is 0 Å². The lowest BCUT2D eigenvalue weighted by Gasteiger charge is -2.27. The zero-order chi connectivity index (χ0) is 27.5. The van der Waals surface area contributed by atoms with E-state index in [1.807, 2.05) is 0 Å². The van der Waals surface area contributed by atoms with Crippen LogP contribution in [0.15, 0.2) is 89.8 Å². The molecule has 0 saturated carbocycles. The summed E-state index contributed by atoms with van der Waals surface area (Å²) in [6.07, 6.45) is 0.858. The maximum Gasteiger partial charge on any atom is 0.349 e. The Balaban J connectivity index is 1.65. The van der Waals surface area contributed by atoms with Crippen LogP contribution in [0.2, 0.25) is 0 Å². The number of nitro groups is 1. The normalized spacial score (nSPS) is 18.4. The molecule has 38 heavy (non-hydrogen) atoms. The van der Waals surface area contributed by atoms with Gasteiger partial charge in [0.05, 0.1) is 17.6 Å². The Morgan fingerprint density at radius 1 is 1.05 bits per heavy atom. The summed E-state index contributed by atoms with van der Waals surface area (Å²) >= 11 is 0. The summed E-state index contributed by atoms with van der Waals surface area (Å²) in [5, 5.41) is 12.2. The van der Waals surface area contributed by atoms with Crippen LogP contribution in [0.3, 0.4) is 0 Å².